The molecule has 0 aliphatic heterocycles. The number of nitrogens with one attached hydrogen (secondary N) is 1. The Morgan fingerprint density at radius 3 is 2.94 bits per heavy atom. The average molecular weight is 222 g/mol. The van der Waals surface area contributed by atoms with Crippen molar-refractivity contribution >= 4 is 11.8 Å². The fourth-order valence-corrected chi connectivity index (χ4v) is 1.12. The third-order valence-electron chi connectivity index (χ3n) is 2.12. The van der Waals surface area contributed by atoms with Gasteiger partial charge in [0.1, 0.15) is 12.9 Å². The van der Waals surface area contributed by atoms with Crippen LogP contribution in [0.5, 0.6) is 5.75 Å². The van der Waals surface area contributed by atoms with Crippen LogP contribution in [-0.2, 0) is 4.74 Å². The van der Waals surface area contributed by atoms with Crippen LogP contribution in [0.2, 0.25) is 0 Å². The van der Waals surface area contributed by atoms with E-state index in [0.717, 1.165) is 12.2 Å². The molecule has 1 N–H and O–H groups in total. The Hall–Kier alpha value is -1.71. The highest BCUT2D eigenvalue weighted by Gasteiger charge is 2.04. The molecule has 1 aromatic carbocycles. The predicted octanol–water partition coefficient (Wildman–Crippen LogP) is 3.20. The molecule has 0 aromatic heterocycles. The van der Waals surface area contributed by atoms with E-state index in [0.29, 0.717) is 5.69 Å². The lowest BCUT2D eigenvalue weighted by molar-refractivity contribution is 0.199. The van der Waals surface area contributed by atoms with Gasteiger partial charge in [0.15, 0.2) is 0 Å². The molecule has 0 saturated heterocycles. The molecule has 87 valence electrons. The SMILES string of the molecule is [CH2]OC(=O)Nc1cccc(OC(C)CC)c1. The number of anilines is 1. The lowest BCUT2D eigenvalue weighted by Gasteiger charge is -2.13. The minimum absolute atomic E-state index is 0.148. The van der Waals surface area contributed by atoms with E-state index in [4.69, 9.17) is 4.74 Å². The van der Waals surface area contributed by atoms with Gasteiger partial charge in [0.05, 0.1) is 6.10 Å². The van der Waals surface area contributed by atoms with E-state index in [-0.39, 0.29) is 6.10 Å². The summed E-state index contributed by atoms with van der Waals surface area (Å²) in [7, 11) is 3.02. The summed E-state index contributed by atoms with van der Waals surface area (Å²) in [5, 5.41) is 2.52. The van der Waals surface area contributed by atoms with Gasteiger partial charge in [-0.05, 0) is 25.5 Å². The molecule has 1 atom stereocenters. The maximum Gasteiger partial charge on any atom is 0.411 e. The lowest BCUT2D eigenvalue weighted by Crippen LogP contribution is -2.11. The minimum atomic E-state index is -0.597. The summed E-state index contributed by atoms with van der Waals surface area (Å²) in [6, 6.07) is 7.13. The van der Waals surface area contributed by atoms with Gasteiger partial charge in [-0.25, -0.2) is 4.79 Å². The topological polar surface area (TPSA) is 47.6 Å². The highest BCUT2D eigenvalue weighted by Crippen LogP contribution is 2.19. The predicted molar refractivity (Wildman–Crippen MR) is 62.3 cm³/mol. The number of amides is 1. The molecule has 1 rings (SSSR count). The monoisotopic (exact) mass is 222 g/mol. The average Bonchev–Trinajstić information content (AvgIpc) is 2.29. The molecule has 0 aliphatic rings. The van der Waals surface area contributed by atoms with E-state index in [2.05, 4.69) is 17.2 Å². The first-order valence-corrected chi connectivity index (χ1v) is 5.15. The molecule has 0 fully saturated rings. The number of rotatable bonds is 4. The Morgan fingerprint density at radius 1 is 1.56 bits per heavy atom. The van der Waals surface area contributed by atoms with Crippen LogP contribution < -0.4 is 10.1 Å². The largest absolute Gasteiger partial charge is 0.491 e. The van der Waals surface area contributed by atoms with E-state index in [9.17, 15) is 4.79 Å². The number of hydrogen-bond acceptors (Lipinski definition) is 3. The van der Waals surface area contributed by atoms with Crippen molar-refractivity contribution in [2.45, 2.75) is 26.4 Å². The van der Waals surface area contributed by atoms with Gasteiger partial charge in [-0.1, -0.05) is 13.0 Å². The second-order valence-corrected chi connectivity index (χ2v) is 3.42. The fraction of sp³-hybridized carbons (Fsp3) is 0.333. The molecule has 0 bridgehead atoms. The number of carbonyl (C=O) groups is 1. The summed E-state index contributed by atoms with van der Waals surface area (Å²) in [6.07, 6.45) is 0.481. The van der Waals surface area contributed by atoms with Gasteiger partial charge < -0.3 is 9.47 Å². The van der Waals surface area contributed by atoms with Crippen molar-refractivity contribution in [3.63, 3.8) is 0 Å². The molecule has 4 nitrogen and oxygen atoms in total. The normalized spacial score (nSPS) is 11.7. The van der Waals surface area contributed by atoms with E-state index >= 15 is 0 Å². The van der Waals surface area contributed by atoms with Crippen LogP contribution >= 0.6 is 0 Å². The fourth-order valence-electron chi connectivity index (χ4n) is 1.12. The Labute approximate surface area is 95.6 Å². The summed E-state index contributed by atoms with van der Waals surface area (Å²) in [5.74, 6) is 0.719. The lowest BCUT2D eigenvalue weighted by atomic mass is 10.3. The first-order chi connectivity index (χ1) is 7.65. The van der Waals surface area contributed by atoms with Gasteiger partial charge in [0.25, 0.3) is 0 Å². The summed E-state index contributed by atoms with van der Waals surface area (Å²) >= 11 is 0. The highest BCUT2D eigenvalue weighted by molar-refractivity contribution is 5.84. The number of carbonyl (C=O) groups excluding carboxylic acids is 1. The smallest absolute Gasteiger partial charge is 0.411 e. The van der Waals surface area contributed by atoms with Crippen molar-refractivity contribution in [3.05, 3.63) is 31.4 Å². The second-order valence-electron chi connectivity index (χ2n) is 3.42. The molecule has 4 heteroatoms. The molecular formula is C12H16NO3. The summed E-state index contributed by atoms with van der Waals surface area (Å²) < 4.78 is 9.87. The van der Waals surface area contributed by atoms with Crippen LogP contribution in [0.4, 0.5) is 10.5 Å². The van der Waals surface area contributed by atoms with E-state index < -0.39 is 6.09 Å². The molecule has 0 spiro atoms. The third kappa shape index (κ3) is 3.81. The molecule has 0 saturated carbocycles. The van der Waals surface area contributed by atoms with Crippen molar-refractivity contribution < 1.29 is 14.3 Å². The van der Waals surface area contributed by atoms with Crippen molar-refractivity contribution in [3.8, 4) is 5.75 Å². The van der Waals surface area contributed by atoms with Crippen molar-refractivity contribution in [1.29, 1.82) is 0 Å². The van der Waals surface area contributed by atoms with Gasteiger partial charge in [-0.15, -0.1) is 0 Å². The maximum atomic E-state index is 10.9. The molecule has 0 aliphatic carbocycles. The van der Waals surface area contributed by atoms with Gasteiger partial charge in [-0.3, -0.25) is 5.32 Å². The minimum Gasteiger partial charge on any atom is -0.491 e. The van der Waals surface area contributed by atoms with E-state index in [1.165, 1.54) is 0 Å². The van der Waals surface area contributed by atoms with Gasteiger partial charge in [0.2, 0.25) is 0 Å². The van der Waals surface area contributed by atoms with Gasteiger partial charge in [0, 0.05) is 11.8 Å². The van der Waals surface area contributed by atoms with Crippen molar-refractivity contribution in [2.75, 3.05) is 5.32 Å². The molecular weight excluding hydrogens is 206 g/mol. The molecule has 16 heavy (non-hydrogen) atoms. The molecule has 1 unspecified atom stereocenters. The molecule has 1 amide bonds. The number of hydrogen-bond donors (Lipinski definition) is 1. The summed E-state index contributed by atoms with van der Waals surface area (Å²) in [6.45, 7) is 4.04. The van der Waals surface area contributed by atoms with Crippen molar-refractivity contribution in [2.24, 2.45) is 0 Å². The third-order valence-corrected chi connectivity index (χ3v) is 2.12. The molecule has 1 radical (unpaired) electrons. The zero-order valence-electron chi connectivity index (χ0n) is 9.53. The van der Waals surface area contributed by atoms with Crippen molar-refractivity contribution in [1.82, 2.24) is 0 Å². The van der Waals surface area contributed by atoms with E-state index in [1.54, 1.807) is 18.2 Å². The molecule has 0 heterocycles. The highest BCUT2D eigenvalue weighted by atomic mass is 16.5. The first kappa shape index (κ1) is 12.4. The van der Waals surface area contributed by atoms with Gasteiger partial charge in [-0.2, -0.15) is 0 Å². The summed E-state index contributed by atoms with van der Waals surface area (Å²) in [5.41, 5.74) is 0.620. The quantitative estimate of drug-likeness (QED) is 0.850. The zero-order valence-corrected chi connectivity index (χ0v) is 9.53. The maximum absolute atomic E-state index is 10.9. The summed E-state index contributed by atoms with van der Waals surface area (Å²) in [4.78, 5) is 10.9. The Kier molecular flexibility index (Phi) is 4.64. The number of benzene rings is 1. The standard InChI is InChI=1S/C12H16NO3/c1-4-9(2)16-11-7-5-6-10(8-11)13-12(14)15-3/h5-9H,3-4H2,1-2H3,(H,13,14). The second kappa shape index (κ2) is 6.00. The Morgan fingerprint density at radius 2 is 2.31 bits per heavy atom. The first-order valence-electron chi connectivity index (χ1n) is 5.15. The van der Waals surface area contributed by atoms with Crippen LogP contribution in [0.15, 0.2) is 24.3 Å². The Bertz CT molecular complexity index is 352. The van der Waals surface area contributed by atoms with Crippen LogP contribution in [-0.4, -0.2) is 12.2 Å². The zero-order chi connectivity index (χ0) is 12.0. The van der Waals surface area contributed by atoms with Crippen LogP contribution in [0.25, 0.3) is 0 Å². The number of ether oxygens (including phenoxy) is 2. The van der Waals surface area contributed by atoms with Crippen LogP contribution in [0.1, 0.15) is 20.3 Å². The molecule has 1 aromatic rings. The van der Waals surface area contributed by atoms with Crippen LogP contribution in [0.3, 0.4) is 0 Å². The van der Waals surface area contributed by atoms with E-state index in [1.807, 2.05) is 19.9 Å². The van der Waals surface area contributed by atoms with Crippen LogP contribution in [0, 0.1) is 7.11 Å². The van der Waals surface area contributed by atoms with Gasteiger partial charge >= 0.3 is 6.09 Å². The Balaban J connectivity index is 2.67.